The highest BCUT2D eigenvalue weighted by Gasteiger charge is 2.44. The van der Waals surface area contributed by atoms with Crippen molar-refractivity contribution in [2.24, 2.45) is 11.8 Å². The minimum absolute atomic E-state index is 0.0513. The van der Waals surface area contributed by atoms with Gasteiger partial charge in [0.15, 0.2) is 0 Å². The van der Waals surface area contributed by atoms with Crippen molar-refractivity contribution < 1.29 is 9.13 Å². The van der Waals surface area contributed by atoms with Crippen LogP contribution in [0.2, 0.25) is 0 Å². The maximum Gasteiger partial charge on any atom is 0.141 e. The molecule has 2 atom stereocenters. The first-order valence-corrected chi connectivity index (χ1v) is 6.93. The molecule has 1 spiro atoms. The number of aromatic nitrogens is 1. The summed E-state index contributed by atoms with van der Waals surface area (Å²) in [6.45, 7) is 0.769. The number of halogens is 1. The molecule has 1 saturated heterocycles. The van der Waals surface area contributed by atoms with Gasteiger partial charge in [-0.3, -0.25) is 16.3 Å². The van der Waals surface area contributed by atoms with Crippen LogP contribution >= 0.6 is 0 Å². The molecular weight excluding hydrogens is 245 g/mol. The van der Waals surface area contributed by atoms with E-state index in [0.717, 1.165) is 37.9 Å². The Kier molecular flexibility index (Phi) is 3.52. The average molecular weight is 265 g/mol. The molecule has 0 aromatic carbocycles. The first-order valence-electron chi connectivity index (χ1n) is 6.93. The van der Waals surface area contributed by atoms with Crippen molar-refractivity contribution in [1.29, 1.82) is 0 Å². The number of hydrazine groups is 1. The Morgan fingerprint density at radius 3 is 2.95 bits per heavy atom. The lowest BCUT2D eigenvalue weighted by atomic mass is 9.70. The Labute approximate surface area is 112 Å². The zero-order valence-corrected chi connectivity index (χ0v) is 10.9. The van der Waals surface area contributed by atoms with Crippen LogP contribution in [-0.2, 0) is 4.74 Å². The Hall–Kier alpha value is -1.04. The summed E-state index contributed by atoms with van der Waals surface area (Å²) in [4.78, 5) is 3.92. The van der Waals surface area contributed by atoms with E-state index in [1.54, 1.807) is 6.20 Å². The van der Waals surface area contributed by atoms with E-state index in [1.807, 2.05) is 0 Å². The van der Waals surface area contributed by atoms with Crippen molar-refractivity contribution in [3.8, 4) is 0 Å². The molecule has 1 aliphatic carbocycles. The van der Waals surface area contributed by atoms with Crippen molar-refractivity contribution in [3.05, 3.63) is 29.8 Å². The summed E-state index contributed by atoms with van der Waals surface area (Å²) in [6.07, 6.45) is 8.38. The highest BCUT2D eigenvalue weighted by Crippen LogP contribution is 2.46. The zero-order chi connectivity index (χ0) is 13.3. The molecule has 104 valence electrons. The molecule has 1 aromatic heterocycles. The number of nitrogens with one attached hydrogen (secondary N) is 1. The van der Waals surface area contributed by atoms with Gasteiger partial charge >= 0.3 is 0 Å². The van der Waals surface area contributed by atoms with Gasteiger partial charge in [0.1, 0.15) is 5.82 Å². The van der Waals surface area contributed by atoms with E-state index in [2.05, 4.69) is 10.4 Å². The zero-order valence-electron chi connectivity index (χ0n) is 10.9. The van der Waals surface area contributed by atoms with Gasteiger partial charge in [-0.25, -0.2) is 4.39 Å². The summed E-state index contributed by atoms with van der Waals surface area (Å²) in [5.41, 5.74) is 3.73. The molecule has 1 aliphatic heterocycles. The van der Waals surface area contributed by atoms with Crippen LogP contribution in [0.15, 0.2) is 18.5 Å². The van der Waals surface area contributed by atoms with Crippen molar-refractivity contribution in [2.45, 2.75) is 43.7 Å². The van der Waals surface area contributed by atoms with Crippen LogP contribution in [0.5, 0.6) is 0 Å². The van der Waals surface area contributed by atoms with Crippen LogP contribution < -0.4 is 11.3 Å². The molecule has 2 fully saturated rings. The standard InChI is InChI=1S/C14H20FN3O/c15-12-6-11(8-17-9-12)13(18-16)10-2-5-19-14(7-10)3-1-4-14/h6,8-10,13,18H,1-5,7,16H2. The largest absolute Gasteiger partial charge is 0.375 e. The fourth-order valence-corrected chi connectivity index (χ4v) is 3.37. The number of rotatable bonds is 3. The van der Waals surface area contributed by atoms with E-state index in [9.17, 15) is 4.39 Å². The Morgan fingerprint density at radius 1 is 1.47 bits per heavy atom. The van der Waals surface area contributed by atoms with Gasteiger partial charge in [-0.2, -0.15) is 0 Å². The highest BCUT2D eigenvalue weighted by molar-refractivity contribution is 5.17. The monoisotopic (exact) mass is 265 g/mol. The molecule has 2 aliphatic rings. The molecule has 2 unspecified atom stereocenters. The maximum atomic E-state index is 13.3. The smallest absolute Gasteiger partial charge is 0.141 e. The van der Waals surface area contributed by atoms with Crippen LogP contribution in [0.4, 0.5) is 4.39 Å². The average Bonchev–Trinajstić information content (AvgIpc) is 2.38. The molecular formula is C14H20FN3O. The predicted octanol–water partition coefficient (Wildman–Crippen LogP) is 2.07. The van der Waals surface area contributed by atoms with Crippen molar-refractivity contribution >= 4 is 0 Å². The van der Waals surface area contributed by atoms with E-state index < -0.39 is 0 Å². The Morgan fingerprint density at radius 2 is 2.32 bits per heavy atom. The Bertz CT molecular complexity index is 450. The fraction of sp³-hybridized carbons (Fsp3) is 0.643. The third-order valence-electron chi connectivity index (χ3n) is 4.53. The molecule has 0 amide bonds. The lowest BCUT2D eigenvalue weighted by molar-refractivity contribution is -0.147. The van der Waals surface area contributed by atoms with Gasteiger partial charge in [-0.1, -0.05) is 0 Å². The molecule has 0 bridgehead atoms. The number of pyridine rings is 1. The molecule has 1 saturated carbocycles. The van der Waals surface area contributed by atoms with E-state index in [1.165, 1.54) is 18.7 Å². The molecule has 19 heavy (non-hydrogen) atoms. The van der Waals surface area contributed by atoms with E-state index in [0.29, 0.717) is 5.92 Å². The van der Waals surface area contributed by atoms with Crippen molar-refractivity contribution in [3.63, 3.8) is 0 Å². The minimum atomic E-state index is -0.317. The normalized spacial score (nSPS) is 26.9. The predicted molar refractivity (Wildman–Crippen MR) is 69.5 cm³/mol. The number of nitrogens with zero attached hydrogens (tertiary/aromatic N) is 1. The third kappa shape index (κ3) is 2.50. The SMILES string of the molecule is NNC(c1cncc(F)c1)C1CCOC2(CCC2)C1. The van der Waals surface area contributed by atoms with Gasteiger partial charge in [0, 0.05) is 12.8 Å². The third-order valence-corrected chi connectivity index (χ3v) is 4.53. The van der Waals surface area contributed by atoms with Crippen molar-refractivity contribution in [1.82, 2.24) is 10.4 Å². The second kappa shape index (κ2) is 5.15. The van der Waals surface area contributed by atoms with Crippen molar-refractivity contribution in [2.75, 3.05) is 6.61 Å². The summed E-state index contributed by atoms with van der Waals surface area (Å²) < 4.78 is 19.2. The minimum Gasteiger partial charge on any atom is -0.375 e. The fourth-order valence-electron chi connectivity index (χ4n) is 3.37. The summed E-state index contributed by atoms with van der Waals surface area (Å²) in [7, 11) is 0. The quantitative estimate of drug-likeness (QED) is 0.649. The van der Waals surface area contributed by atoms with Crippen LogP contribution in [0, 0.1) is 11.7 Å². The van der Waals surface area contributed by atoms with Crippen LogP contribution in [-0.4, -0.2) is 17.2 Å². The first-order chi connectivity index (χ1) is 9.22. The Balaban J connectivity index is 1.78. The molecule has 3 rings (SSSR count). The summed E-state index contributed by atoms with van der Waals surface area (Å²) >= 11 is 0. The second-order valence-electron chi connectivity index (χ2n) is 5.72. The first kappa shape index (κ1) is 13.0. The van der Waals surface area contributed by atoms with Gasteiger partial charge in [-0.05, 0) is 49.7 Å². The maximum absolute atomic E-state index is 13.3. The second-order valence-corrected chi connectivity index (χ2v) is 5.72. The number of nitrogens with two attached hydrogens (primary N) is 1. The number of ether oxygens (including phenoxy) is 1. The van der Waals surface area contributed by atoms with Gasteiger partial charge in [0.2, 0.25) is 0 Å². The molecule has 0 radical (unpaired) electrons. The summed E-state index contributed by atoms with van der Waals surface area (Å²) in [6, 6.07) is 1.46. The van der Waals surface area contributed by atoms with Gasteiger partial charge < -0.3 is 4.74 Å². The summed E-state index contributed by atoms with van der Waals surface area (Å²) in [5, 5.41) is 0. The lowest BCUT2D eigenvalue weighted by Crippen LogP contribution is -2.48. The van der Waals surface area contributed by atoms with E-state index >= 15 is 0 Å². The molecule has 2 heterocycles. The van der Waals surface area contributed by atoms with Gasteiger partial charge in [-0.15, -0.1) is 0 Å². The molecule has 3 N–H and O–H groups in total. The van der Waals surface area contributed by atoms with Crippen LogP contribution in [0.1, 0.15) is 43.7 Å². The highest BCUT2D eigenvalue weighted by atomic mass is 19.1. The van der Waals surface area contributed by atoms with Gasteiger partial charge in [0.25, 0.3) is 0 Å². The number of hydrogen-bond donors (Lipinski definition) is 2. The molecule has 4 nitrogen and oxygen atoms in total. The van der Waals surface area contributed by atoms with Crippen LogP contribution in [0.25, 0.3) is 0 Å². The van der Waals surface area contributed by atoms with Crippen LogP contribution in [0.3, 0.4) is 0 Å². The molecule has 5 heteroatoms. The summed E-state index contributed by atoms with van der Waals surface area (Å²) in [5.74, 6) is 5.75. The number of hydrogen-bond acceptors (Lipinski definition) is 4. The van der Waals surface area contributed by atoms with Gasteiger partial charge in [0.05, 0.1) is 17.8 Å². The topological polar surface area (TPSA) is 60.2 Å². The lowest BCUT2D eigenvalue weighted by Gasteiger charge is -2.48. The van der Waals surface area contributed by atoms with E-state index in [4.69, 9.17) is 10.6 Å². The molecule has 1 aromatic rings. The van der Waals surface area contributed by atoms with E-state index in [-0.39, 0.29) is 17.5 Å².